The average Bonchev–Trinajstić information content (AvgIpc) is 2.67. The Morgan fingerprint density at radius 1 is 0.963 bits per heavy atom. The van der Waals surface area contributed by atoms with Crippen LogP contribution in [-0.4, -0.2) is 19.2 Å². The minimum absolute atomic E-state index is 0.199. The second kappa shape index (κ2) is 10.4. The summed E-state index contributed by atoms with van der Waals surface area (Å²) in [5.74, 6) is -0.456. The molecule has 0 aromatic heterocycles. The van der Waals surface area contributed by atoms with E-state index < -0.39 is 13.3 Å². The van der Waals surface area contributed by atoms with Gasteiger partial charge in [0.15, 0.2) is 0 Å². The molecule has 4 nitrogen and oxygen atoms in total. The molecule has 0 amide bonds. The number of esters is 1. The summed E-state index contributed by atoms with van der Waals surface area (Å²) in [4.78, 5) is 12.7. The monoisotopic (exact) mass is 388 g/mol. The normalized spacial score (nSPS) is 14.5. The number of carbonyl (C=O) groups is 1. The van der Waals surface area contributed by atoms with Crippen molar-refractivity contribution < 1.29 is 18.6 Å². The van der Waals surface area contributed by atoms with Gasteiger partial charge in [-0.3, -0.25) is 9.36 Å². The van der Waals surface area contributed by atoms with E-state index in [1.807, 2.05) is 74.5 Å². The van der Waals surface area contributed by atoms with Crippen LogP contribution < -0.4 is 0 Å². The van der Waals surface area contributed by atoms with Crippen molar-refractivity contribution in [3.63, 3.8) is 0 Å². The maximum atomic E-state index is 13.3. The molecule has 2 unspecified atom stereocenters. The Morgan fingerprint density at radius 3 is 2.04 bits per heavy atom. The molecule has 0 radical (unpaired) electrons. The maximum Gasteiger partial charge on any atom is 0.309 e. The quantitative estimate of drug-likeness (QED) is 0.397. The lowest BCUT2D eigenvalue weighted by Crippen LogP contribution is -2.24. The molecule has 0 spiro atoms. The number of rotatable bonds is 10. The first-order chi connectivity index (χ1) is 12.9. The fourth-order valence-corrected chi connectivity index (χ4v) is 5.21. The molecule has 2 rings (SSSR count). The van der Waals surface area contributed by atoms with E-state index in [1.54, 1.807) is 0 Å². The van der Waals surface area contributed by atoms with Crippen LogP contribution >= 0.6 is 7.37 Å². The first kappa shape index (κ1) is 21.4. The lowest BCUT2D eigenvalue weighted by molar-refractivity contribution is -0.149. The molecular weight excluding hydrogens is 359 g/mol. The topological polar surface area (TPSA) is 52.6 Å². The van der Waals surface area contributed by atoms with Crippen LogP contribution in [0.3, 0.4) is 0 Å². The van der Waals surface area contributed by atoms with Crippen LogP contribution in [0.2, 0.25) is 0 Å². The van der Waals surface area contributed by atoms with Gasteiger partial charge in [-0.2, -0.15) is 0 Å². The van der Waals surface area contributed by atoms with Crippen molar-refractivity contribution in [3.8, 4) is 0 Å². The van der Waals surface area contributed by atoms with E-state index in [9.17, 15) is 9.36 Å². The highest BCUT2D eigenvalue weighted by atomic mass is 31.2. The average molecular weight is 388 g/mol. The molecule has 0 saturated carbocycles. The molecule has 0 aliphatic rings. The fraction of sp³-hybridized carbons (Fsp3) is 0.409. The molecule has 2 atom stereocenters. The van der Waals surface area contributed by atoms with Crippen molar-refractivity contribution in [1.29, 1.82) is 0 Å². The third-order valence-electron chi connectivity index (χ3n) is 4.41. The van der Waals surface area contributed by atoms with Crippen molar-refractivity contribution in [2.24, 2.45) is 11.8 Å². The minimum Gasteiger partial charge on any atom is -0.461 e. The lowest BCUT2D eigenvalue weighted by atomic mass is 9.99. The molecule has 0 N–H and O–H groups in total. The maximum absolute atomic E-state index is 13.3. The van der Waals surface area contributed by atoms with Gasteiger partial charge >= 0.3 is 5.97 Å². The fourth-order valence-electron chi connectivity index (χ4n) is 3.06. The second-order valence-corrected chi connectivity index (χ2v) is 9.92. The second-order valence-electron chi connectivity index (χ2n) is 7.24. The van der Waals surface area contributed by atoms with Gasteiger partial charge in [0.05, 0.1) is 5.92 Å². The first-order valence-corrected chi connectivity index (χ1v) is 11.3. The molecule has 27 heavy (non-hydrogen) atoms. The summed E-state index contributed by atoms with van der Waals surface area (Å²) in [6.07, 6.45) is 1.14. The summed E-state index contributed by atoms with van der Waals surface area (Å²) in [6, 6.07) is 19.2. The van der Waals surface area contributed by atoms with Gasteiger partial charge in [-0.05, 0) is 23.5 Å². The van der Waals surface area contributed by atoms with Crippen molar-refractivity contribution in [2.45, 2.75) is 33.0 Å². The van der Waals surface area contributed by atoms with Crippen LogP contribution in [-0.2, 0) is 31.4 Å². The third kappa shape index (κ3) is 7.32. The van der Waals surface area contributed by atoms with E-state index in [1.165, 1.54) is 7.11 Å². The molecule has 2 aromatic rings. The van der Waals surface area contributed by atoms with Crippen LogP contribution in [0.15, 0.2) is 60.7 Å². The molecule has 2 aromatic carbocycles. The molecule has 0 saturated heterocycles. The highest BCUT2D eigenvalue weighted by Gasteiger charge is 2.32. The Hall–Kier alpha value is -1.90. The van der Waals surface area contributed by atoms with Gasteiger partial charge in [0.2, 0.25) is 7.37 Å². The zero-order valence-corrected chi connectivity index (χ0v) is 17.2. The first-order valence-electron chi connectivity index (χ1n) is 9.30. The molecule has 0 fully saturated rings. The zero-order valence-electron chi connectivity index (χ0n) is 16.3. The summed E-state index contributed by atoms with van der Waals surface area (Å²) in [5, 5.41) is 0. The van der Waals surface area contributed by atoms with Gasteiger partial charge in [0.1, 0.15) is 6.61 Å². The predicted molar refractivity (Wildman–Crippen MR) is 109 cm³/mol. The van der Waals surface area contributed by atoms with Crippen molar-refractivity contribution >= 4 is 13.3 Å². The summed E-state index contributed by atoms with van der Waals surface area (Å²) >= 11 is 0. The number of ether oxygens (including phenoxy) is 1. The van der Waals surface area contributed by atoms with E-state index in [-0.39, 0.29) is 18.7 Å². The van der Waals surface area contributed by atoms with Crippen LogP contribution in [0.25, 0.3) is 0 Å². The Labute approximate surface area is 162 Å². The Balaban J connectivity index is 2.06. The molecular formula is C22H29O4P. The Bertz CT molecular complexity index is 743. The minimum atomic E-state index is -2.98. The van der Waals surface area contributed by atoms with E-state index in [0.717, 1.165) is 11.1 Å². The Morgan fingerprint density at radius 2 is 1.52 bits per heavy atom. The molecule has 146 valence electrons. The number of carbonyl (C=O) groups excluding carboxylic acids is 1. The predicted octanol–water partition coefficient (Wildman–Crippen LogP) is 5.52. The summed E-state index contributed by atoms with van der Waals surface area (Å²) in [6.45, 7) is 4.32. The van der Waals surface area contributed by atoms with Gasteiger partial charge < -0.3 is 9.26 Å². The standard InChI is InChI=1S/C22H29O4P/c1-18(2)14-21(22(23)26-15-19-10-6-4-7-11-19)17-27(24,25-3)16-20-12-8-5-9-13-20/h4-13,18,21H,14-17H2,1-3H3. The largest absolute Gasteiger partial charge is 0.461 e. The highest BCUT2D eigenvalue weighted by Crippen LogP contribution is 2.51. The van der Waals surface area contributed by atoms with Crippen LogP contribution in [0.1, 0.15) is 31.4 Å². The molecule has 0 aliphatic carbocycles. The summed E-state index contributed by atoms with van der Waals surface area (Å²) in [7, 11) is -1.52. The number of benzene rings is 2. The van der Waals surface area contributed by atoms with Gasteiger partial charge in [0.25, 0.3) is 0 Å². The third-order valence-corrected chi connectivity index (χ3v) is 6.92. The molecule has 0 aliphatic heterocycles. The number of hydrogen-bond acceptors (Lipinski definition) is 4. The van der Waals surface area contributed by atoms with Crippen molar-refractivity contribution in [2.75, 3.05) is 13.3 Å². The van der Waals surface area contributed by atoms with Crippen molar-refractivity contribution in [1.82, 2.24) is 0 Å². The smallest absolute Gasteiger partial charge is 0.309 e. The SMILES string of the molecule is COP(=O)(Cc1ccccc1)CC(CC(C)C)C(=O)OCc1ccccc1. The summed E-state index contributed by atoms with van der Waals surface area (Å²) < 4.78 is 24.2. The van der Waals surface area contributed by atoms with E-state index >= 15 is 0 Å². The highest BCUT2D eigenvalue weighted by molar-refractivity contribution is 7.58. The van der Waals surface area contributed by atoms with Gasteiger partial charge in [-0.1, -0.05) is 74.5 Å². The molecule has 0 bridgehead atoms. The zero-order chi connectivity index (χ0) is 19.7. The van der Waals surface area contributed by atoms with Gasteiger partial charge in [-0.15, -0.1) is 0 Å². The van der Waals surface area contributed by atoms with E-state index in [4.69, 9.17) is 9.26 Å². The van der Waals surface area contributed by atoms with E-state index in [0.29, 0.717) is 18.5 Å². The van der Waals surface area contributed by atoms with Crippen LogP contribution in [0.5, 0.6) is 0 Å². The lowest BCUT2D eigenvalue weighted by Gasteiger charge is -2.23. The Kier molecular flexibility index (Phi) is 8.27. The summed E-state index contributed by atoms with van der Waals surface area (Å²) in [5.41, 5.74) is 1.89. The van der Waals surface area contributed by atoms with Crippen LogP contribution in [0.4, 0.5) is 0 Å². The van der Waals surface area contributed by atoms with Crippen molar-refractivity contribution in [3.05, 3.63) is 71.8 Å². The van der Waals surface area contributed by atoms with Gasteiger partial charge in [-0.25, -0.2) is 0 Å². The van der Waals surface area contributed by atoms with Crippen LogP contribution in [0, 0.1) is 11.8 Å². The van der Waals surface area contributed by atoms with E-state index in [2.05, 4.69) is 0 Å². The number of hydrogen-bond donors (Lipinski definition) is 0. The molecule has 5 heteroatoms. The molecule has 0 heterocycles. The van der Waals surface area contributed by atoms with Gasteiger partial charge in [0, 0.05) is 19.4 Å².